The SMILES string of the molecule is CC(C)(C)c1cc(NC(=O)C2CC2)n([C@@H]2CCS(=O)(=O)C2)n1. The minimum absolute atomic E-state index is 0.0162. The zero-order chi connectivity index (χ0) is 16.1. The lowest BCUT2D eigenvalue weighted by Gasteiger charge is -2.15. The second kappa shape index (κ2) is 5.08. The third kappa shape index (κ3) is 3.19. The van der Waals surface area contributed by atoms with E-state index in [0.717, 1.165) is 18.5 Å². The Hall–Kier alpha value is -1.37. The molecule has 1 saturated carbocycles. The van der Waals surface area contributed by atoms with Crippen molar-refractivity contribution in [2.24, 2.45) is 5.92 Å². The Morgan fingerprint density at radius 3 is 2.50 bits per heavy atom. The van der Waals surface area contributed by atoms with Gasteiger partial charge in [-0.1, -0.05) is 20.8 Å². The predicted octanol–water partition coefficient (Wildman–Crippen LogP) is 1.89. The van der Waals surface area contributed by atoms with E-state index < -0.39 is 9.84 Å². The first-order valence-corrected chi connectivity index (χ1v) is 9.59. The Kier molecular flexibility index (Phi) is 3.58. The van der Waals surface area contributed by atoms with Gasteiger partial charge < -0.3 is 5.32 Å². The van der Waals surface area contributed by atoms with Gasteiger partial charge in [-0.2, -0.15) is 5.10 Å². The summed E-state index contributed by atoms with van der Waals surface area (Å²) >= 11 is 0. The van der Waals surface area contributed by atoms with Crippen LogP contribution < -0.4 is 5.32 Å². The molecule has 0 unspecified atom stereocenters. The normalized spacial score (nSPS) is 24.4. The van der Waals surface area contributed by atoms with Gasteiger partial charge in [0.1, 0.15) is 5.82 Å². The second-order valence-corrected chi connectivity index (χ2v) is 9.66. The van der Waals surface area contributed by atoms with E-state index in [1.807, 2.05) is 6.07 Å². The number of nitrogens with zero attached hydrogens (tertiary/aromatic N) is 2. The number of amides is 1. The third-order valence-electron chi connectivity index (χ3n) is 4.26. The molecule has 3 rings (SSSR count). The van der Waals surface area contributed by atoms with Crippen LogP contribution in [0.4, 0.5) is 5.82 Å². The molecule has 7 heteroatoms. The molecule has 1 aromatic heterocycles. The zero-order valence-corrected chi connectivity index (χ0v) is 14.1. The summed E-state index contributed by atoms with van der Waals surface area (Å²) in [7, 11) is -2.99. The number of aromatic nitrogens is 2. The van der Waals surface area contributed by atoms with Gasteiger partial charge in [0.25, 0.3) is 0 Å². The van der Waals surface area contributed by atoms with Crippen molar-refractivity contribution >= 4 is 21.6 Å². The molecule has 2 heterocycles. The molecule has 0 spiro atoms. The van der Waals surface area contributed by atoms with Crippen LogP contribution in [-0.4, -0.2) is 35.6 Å². The van der Waals surface area contributed by atoms with Crippen LogP contribution in [0.15, 0.2) is 6.07 Å². The second-order valence-electron chi connectivity index (χ2n) is 7.43. The van der Waals surface area contributed by atoms with Gasteiger partial charge in [-0.3, -0.25) is 4.79 Å². The number of hydrogen-bond donors (Lipinski definition) is 1. The molecule has 1 atom stereocenters. The maximum absolute atomic E-state index is 12.1. The summed E-state index contributed by atoms with van der Waals surface area (Å²) in [4.78, 5) is 12.1. The lowest BCUT2D eigenvalue weighted by molar-refractivity contribution is -0.117. The molecule has 1 saturated heterocycles. The summed E-state index contributed by atoms with van der Waals surface area (Å²) in [5.74, 6) is 1.04. The van der Waals surface area contributed by atoms with Gasteiger partial charge in [0.05, 0.1) is 23.2 Å². The number of nitrogens with one attached hydrogen (secondary N) is 1. The van der Waals surface area contributed by atoms with Crippen LogP contribution in [0.5, 0.6) is 0 Å². The van der Waals surface area contributed by atoms with E-state index >= 15 is 0 Å². The summed E-state index contributed by atoms with van der Waals surface area (Å²) in [5.41, 5.74) is 0.713. The van der Waals surface area contributed by atoms with Gasteiger partial charge in [0, 0.05) is 17.4 Å². The fourth-order valence-electron chi connectivity index (χ4n) is 2.67. The van der Waals surface area contributed by atoms with Gasteiger partial charge >= 0.3 is 0 Å². The molecular weight excluding hydrogens is 302 g/mol. The van der Waals surface area contributed by atoms with E-state index in [2.05, 4.69) is 31.2 Å². The van der Waals surface area contributed by atoms with Crippen LogP contribution in [0.3, 0.4) is 0 Å². The minimum atomic E-state index is -2.99. The van der Waals surface area contributed by atoms with Crippen molar-refractivity contribution in [1.82, 2.24) is 9.78 Å². The summed E-state index contributed by atoms with van der Waals surface area (Å²) in [6.07, 6.45) is 2.42. The Bertz CT molecular complexity index is 696. The van der Waals surface area contributed by atoms with Crippen LogP contribution in [0.1, 0.15) is 51.8 Å². The molecule has 0 radical (unpaired) electrons. The van der Waals surface area contributed by atoms with Crippen molar-refractivity contribution in [2.45, 2.75) is 51.5 Å². The van der Waals surface area contributed by atoms with E-state index in [1.165, 1.54) is 0 Å². The predicted molar refractivity (Wildman–Crippen MR) is 84.6 cm³/mol. The molecule has 0 bridgehead atoms. The highest BCUT2D eigenvalue weighted by atomic mass is 32.2. The van der Waals surface area contributed by atoms with Crippen LogP contribution in [-0.2, 0) is 20.0 Å². The number of carbonyl (C=O) groups is 1. The van der Waals surface area contributed by atoms with Gasteiger partial charge in [-0.25, -0.2) is 13.1 Å². The molecule has 2 aliphatic rings. The average molecular weight is 325 g/mol. The Morgan fingerprint density at radius 1 is 1.32 bits per heavy atom. The van der Waals surface area contributed by atoms with E-state index in [-0.39, 0.29) is 34.8 Å². The minimum Gasteiger partial charge on any atom is -0.311 e. The molecule has 1 amide bonds. The van der Waals surface area contributed by atoms with Crippen molar-refractivity contribution in [1.29, 1.82) is 0 Å². The number of hydrogen-bond acceptors (Lipinski definition) is 4. The van der Waals surface area contributed by atoms with E-state index in [9.17, 15) is 13.2 Å². The first kappa shape index (κ1) is 15.5. The highest BCUT2D eigenvalue weighted by molar-refractivity contribution is 7.91. The fourth-order valence-corrected chi connectivity index (χ4v) is 4.37. The van der Waals surface area contributed by atoms with Crippen molar-refractivity contribution in [3.63, 3.8) is 0 Å². The number of carbonyl (C=O) groups excluding carboxylic acids is 1. The first-order valence-electron chi connectivity index (χ1n) is 7.77. The summed E-state index contributed by atoms with van der Waals surface area (Å²) < 4.78 is 25.2. The van der Waals surface area contributed by atoms with E-state index in [0.29, 0.717) is 12.2 Å². The quantitative estimate of drug-likeness (QED) is 0.920. The van der Waals surface area contributed by atoms with Gasteiger partial charge in [-0.05, 0) is 19.3 Å². The van der Waals surface area contributed by atoms with Crippen molar-refractivity contribution in [3.8, 4) is 0 Å². The monoisotopic (exact) mass is 325 g/mol. The summed E-state index contributed by atoms with van der Waals surface area (Å²) in [6, 6.07) is 1.70. The maximum atomic E-state index is 12.1. The zero-order valence-electron chi connectivity index (χ0n) is 13.3. The van der Waals surface area contributed by atoms with Crippen LogP contribution in [0.2, 0.25) is 0 Å². The molecule has 1 aliphatic carbocycles. The molecule has 122 valence electrons. The van der Waals surface area contributed by atoms with Gasteiger partial charge in [0.2, 0.25) is 5.91 Å². The van der Waals surface area contributed by atoms with E-state index in [1.54, 1.807) is 4.68 Å². The molecule has 1 N–H and O–H groups in total. The Labute approximate surface area is 131 Å². The standard InChI is InChI=1S/C15H23N3O3S/c1-15(2,3)12-8-13(16-14(19)10-4-5-10)18(17-12)11-6-7-22(20,21)9-11/h8,10-11H,4-7,9H2,1-3H3,(H,16,19)/t11-/m1/s1. The largest absolute Gasteiger partial charge is 0.311 e. The van der Waals surface area contributed by atoms with Crippen molar-refractivity contribution in [2.75, 3.05) is 16.8 Å². The van der Waals surface area contributed by atoms with E-state index in [4.69, 9.17) is 0 Å². The smallest absolute Gasteiger partial charge is 0.228 e. The first-order chi connectivity index (χ1) is 10.2. The number of rotatable bonds is 3. The molecular formula is C15H23N3O3S. The summed E-state index contributed by atoms with van der Waals surface area (Å²) in [6.45, 7) is 6.16. The van der Waals surface area contributed by atoms with Crippen LogP contribution >= 0.6 is 0 Å². The maximum Gasteiger partial charge on any atom is 0.228 e. The fraction of sp³-hybridized carbons (Fsp3) is 0.733. The molecule has 2 fully saturated rings. The van der Waals surface area contributed by atoms with Crippen LogP contribution in [0.25, 0.3) is 0 Å². The Morgan fingerprint density at radius 2 is 2.00 bits per heavy atom. The molecule has 22 heavy (non-hydrogen) atoms. The van der Waals surface area contributed by atoms with Gasteiger partial charge in [-0.15, -0.1) is 0 Å². The molecule has 0 aromatic carbocycles. The number of sulfone groups is 1. The highest BCUT2D eigenvalue weighted by Gasteiger charge is 2.34. The topological polar surface area (TPSA) is 81.1 Å². The van der Waals surface area contributed by atoms with Crippen molar-refractivity contribution < 1.29 is 13.2 Å². The average Bonchev–Trinajstić information content (AvgIpc) is 3.06. The lowest BCUT2D eigenvalue weighted by Crippen LogP contribution is -2.20. The van der Waals surface area contributed by atoms with Crippen molar-refractivity contribution in [3.05, 3.63) is 11.8 Å². The number of anilines is 1. The van der Waals surface area contributed by atoms with Gasteiger partial charge in [0.15, 0.2) is 9.84 Å². The molecule has 6 nitrogen and oxygen atoms in total. The molecule has 1 aromatic rings. The molecule has 1 aliphatic heterocycles. The Balaban J connectivity index is 1.92. The highest BCUT2D eigenvalue weighted by Crippen LogP contribution is 2.33. The third-order valence-corrected chi connectivity index (χ3v) is 6.01. The lowest BCUT2D eigenvalue weighted by atomic mass is 9.92. The van der Waals surface area contributed by atoms with Crippen LogP contribution in [0, 0.1) is 5.92 Å². The summed E-state index contributed by atoms with van der Waals surface area (Å²) in [5, 5.41) is 7.54.